The van der Waals surface area contributed by atoms with Crippen LogP contribution >= 0.6 is 11.8 Å². The Hall–Kier alpha value is -1.17. The molecule has 18 heavy (non-hydrogen) atoms. The highest BCUT2D eigenvalue weighted by molar-refractivity contribution is 7.99. The standard InChI is InChI=1S/C12H20N4OS/c1-7(18-2)5-6-14-12(17)11-9(13)10(15-16-11)8-3-4-8/h7-8H,3-6,13H2,1-2H3,(H,14,17)(H,15,16). The van der Waals surface area contributed by atoms with E-state index in [0.29, 0.717) is 29.1 Å². The van der Waals surface area contributed by atoms with Gasteiger partial charge >= 0.3 is 0 Å². The number of carbonyl (C=O) groups excluding carboxylic acids is 1. The van der Waals surface area contributed by atoms with E-state index in [0.717, 1.165) is 25.0 Å². The number of aromatic nitrogens is 2. The lowest BCUT2D eigenvalue weighted by molar-refractivity contribution is 0.0949. The van der Waals surface area contributed by atoms with Gasteiger partial charge in [0.05, 0.1) is 11.4 Å². The van der Waals surface area contributed by atoms with E-state index in [1.807, 2.05) is 0 Å². The summed E-state index contributed by atoms with van der Waals surface area (Å²) in [6, 6.07) is 0. The zero-order chi connectivity index (χ0) is 13.1. The van der Waals surface area contributed by atoms with Gasteiger partial charge in [0.2, 0.25) is 0 Å². The van der Waals surface area contributed by atoms with E-state index in [1.165, 1.54) is 0 Å². The highest BCUT2D eigenvalue weighted by Gasteiger charge is 2.30. The number of amides is 1. The lowest BCUT2D eigenvalue weighted by Gasteiger charge is -2.08. The van der Waals surface area contributed by atoms with Gasteiger partial charge in [0, 0.05) is 17.7 Å². The molecule has 1 atom stereocenters. The zero-order valence-electron chi connectivity index (χ0n) is 10.8. The van der Waals surface area contributed by atoms with Crippen molar-refractivity contribution in [2.75, 3.05) is 18.5 Å². The van der Waals surface area contributed by atoms with E-state index in [1.54, 1.807) is 11.8 Å². The first kappa shape index (κ1) is 13.3. The van der Waals surface area contributed by atoms with Crippen LogP contribution in [0.3, 0.4) is 0 Å². The number of thioether (sulfide) groups is 1. The summed E-state index contributed by atoms with van der Waals surface area (Å²) in [5, 5.41) is 10.3. The van der Waals surface area contributed by atoms with Crippen LogP contribution in [-0.4, -0.2) is 34.2 Å². The van der Waals surface area contributed by atoms with E-state index < -0.39 is 0 Å². The number of nitrogens with zero attached hydrogens (tertiary/aromatic N) is 1. The molecule has 0 spiro atoms. The molecule has 0 aliphatic heterocycles. The summed E-state index contributed by atoms with van der Waals surface area (Å²) in [6.45, 7) is 2.80. The fraction of sp³-hybridized carbons (Fsp3) is 0.667. The van der Waals surface area contributed by atoms with Crippen LogP contribution in [-0.2, 0) is 0 Å². The molecule has 0 radical (unpaired) electrons. The van der Waals surface area contributed by atoms with E-state index in [9.17, 15) is 4.79 Å². The highest BCUT2D eigenvalue weighted by Crippen LogP contribution is 2.42. The third-order valence-corrected chi connectivity index (χ3v) is 4.31. The number of rotatable bonds is 6. The summed E-state index contributed by atoms with van der Waals surface area (Å²) >= 11 is 1.79. The van der Waals surface area contributed by atoms with E-state index in [4.69, 9.17) is 5.73 Å². The molecule has 0 bridgehead atoms. The fourth-order valence-corrected chi connectivity index (χ4v) is 2.16. The maximum Gasteiger partial charge on any atom is 0.273 e. The minimum Gasteiger partial charge on any atom is -0.395 e. The molecule has 0 aromatic carbocycles. The van der Waals surface area contributed by atoms with Crippen molar-refractivity contribution in [3.63, 3.8) is 0 Å². The molecule has 1 fully saturated rings. The van der Waals surface area contributed by atoms with Crippen LogP contribution in [0.4, 0.5) is 5.69 Å². The Bertz CT molecular complexity index is 428. The largest absolute Gasteiger partial charge is 0.395 e. The summed E-state index contributed by atoms with van der Waals surface area (Å²) in [5.74, 6) is 0.305. The van der Waals surface area contributed by atoms with Gasteiger partial charge < -0.3 is 11.1 Å². The van der Waals surface area contributed by atoms with Gasteiger partial charge in [-0.05, 0) is 25.5 Å². The number of nitrogen functional groups attached to an aromatic ring is 1. The average molecular weight is 268 g/mol. The van der Waals surface area contributed by atoms with Gasteiger partial charge in [-0.1, -0.05) is 6.92 Å². The number of carbonyl (C=O) groups is 1. The fourth-order valence-electron chi connectivity index (χ4n) is 1.81. The Morgan fingerprint density at radius 3 is 3.00 bits per heavy atom. The quantitative estimate of drug-likeness (QED) is 0.734. The lowest BCUT2D eigenvalue weighted by atomic mass is 10.2. The van der Waals surface area contributed by atoms with E-state index in [2.05, 4.69) is 28.7 Å². The van der Waals surface area contributed by atoms with E-state index in [-0.39, 0.29) is 5.91 Å². The number of hydrogen-bond acceptors (Lipinski definition) is 4. The van der Waals surface area contributed by atoms with E-state index >= 15 is 0 Å². The molecular weight excluding hydrogens is 248 g/mol. The summed E-state index contributed by atoms with van der Waals surface area (Å²) in [7, 11) is 0. The van der Waals surface area contributed by atoms with Crippen molar-refractivity contribution in [1.29, 1.82) is 0 Å². The zero-order valence-corrected chi connectivity index (χ0v) is 11.6. The van der Waals surface area contributed by atoms with Gasteiger partial charge in [-0.15, -0.1) is 0 Å². The number of hydrogen-bond donors (Lipinski definition) is 3. The molecule has 1 aromatic heterocycles. The second kappa shape index (κ2) is 5.65. The monoisotopic (exact) mass is 268 g/mol. The normalized spacial score (nSPS) is 16.6. The molecule has 6 heteroatoms. The Morgan fingerprint density at radius 2 is 2.39 bits per heavy atom. The smallest absolute Gasteiger partial charge is 0.273 e. The van der Waals surface area contributed by atoms with Crippen LogP contribution in [0.5, 0.6) is 0 Å². The Kier molecular flexibility index (Phi) is 4.16. The first-order chi connectivity index (χ1) is 8.63. The van der Waals surface area contributed by atoms with Crippen LogP contribution < -0.4 is 11.1 Å². The second-order valence-corrected chi connectivity index (χ2v) is 6.04. The van der Waals surface area contributed by atoms with Crippen LogP contribution in [0.2, 0.25) is 0 Å². The predicted octanol–water partition coefficient (Wildman–Crippen LogP) is 1.74. The maximum atomic E-state index is 11.9. The first-order valence-electron chi connectivity index (χ1n) is 6.28. The molecule has 0 saturated heterocycles. The molecule has 2 rings (SSSR count). The third kappa shape index (κ3) is 2.98. The predicted molar refractivity (Wildman–Crippen MR) is 74.9 cm³/mol. The van der Waals surface area contributed by atoms with Crippen LogP contribution in [0.25, 0.3) is 0 Å². The number of nitrogens with one attached hydrogen (secondary N) is 2. The van der Waals surface area contributed by atoms with Crippen molar-refractivity contribution in [2.24, 2.45) is 0 Å². The molecule has 1 heterocycles. The van der Waals surface area contributed by atoms with Crippen molar-refractivity contribution < 1.29 is 4.79 Å². The molecule has 5 nitrogen and oxygen atoms in total. The topological polar surface area (TPSA) is 83.8 Å². The third-order valence-electron chi connectivity index (χ3n) is 3.27. The molecule has 1 aromatic rings. The minimum atomic E-state index is -0.177. The van der Waals surface area contributed by atoms with Crippen molar-refractivity contribution in [3.8, 4) is 0 Å². The van der Waals surface area contributed by atoms with Crippen molar-refractivity contribution >= 4 is 23.4 Å². The molecule has 1 unspecified atom stereocenters. The second-order valence-electron chi connectivity index (χ2n) is 4.76. The van der Waals surface area contributed by atoms with Crippen LogP contribution in [0, 0.1) is 0 Å². The minimum absolute atomic E-state index is 0.177. The Labute approximate surface area is 111 Å². The average Bonchev–Trinajstić information content (AvgIpc) is 3.12. The number of H-pyrrole nitrogens is 1. The van der Waals surface area contributed by atoms with Gasteiger partial charge in [-0.2, -0.15) is 16.9 Å². The van der Waals surface area contributed by atoms with Gasteiger partial charge in [-0.3, -0.25) is 9.89 Å². The SMILES string of the molecule is CSC(C)CCNC(=O)c1n[nH]c(C2CC2)c1N. The van der Waals surface area contributed by atoms with Crippen molar-refractivity contribution in [3.05, 3.63) is 11.4 Å². The molecule has 1 saturated carbocycles. The molecule has 1 amide bonds. The number of nitrogens with two attached hydrogens (primary N) is 1. The molecule has 1 aliphatic rings. The highest BCUT2D eigenvalue weighted by atomic mass is 32.2. The maximum absolute atomic E-state index is 11.9. The lowest BCUT2D eigenvalue weighted by Crippen LogP contribution is -2.27. The molecule has 1 aliphatic carbocycles. The van der Waals surface area contributed by atoms with Crippen molar-refractivity contribution in [1.82, 2.24) is 15.5 Å². The summed E-state index contributed by atoms with van der Waals surface area (Å²) in [4.78, 5) is 11.9. The first-order valence-corrected chi connectivity index (χ1v) is 7.57. The summed E-state index contributed by atoms with van der Waals surface area (Å²) in [5.41, 5.74) is 7.74. The van der Waals surface area contributed by atoms with Crippen molar-refractivity contribution in [2.45, 2.75) is 37.4 Å². The number of aromatic amines is 1. The van der Waals surface area contributed by atoms with Gasteiger partial charge in [0.1, 0.15) is 0 Å². The summed E-state index contributed by atoms with van der Waals surface area (Å²) < 4.78 is 0. The molecule has 100 valence electrons. The van der Waals surface area contributed by atoms with Crippen LogP contribution in [0.1, 0.15) is 48.3 Å². The molecular formula is C12H20N4OS. The molecule has 4 N–H and O–H groups in total. The summed E-state index contributed by atoms with van der Waals surface area (Å²) in [6.07, 6.45) is 5.30. The Morgan fingerprint density at radius 1 is 1.67 bits per heavy atom. The van der Waals surface area contributed by atoms with Gasteiger partial charge in [0.15, 0.2) is 5.69 Å². The van der Waals surface area contributed by atoms with Gasteiger partial charge in [-0.25, -0.2) is 0 Å². The van der Waals surface area contributed by atoms with Gasteiger partial charge in [0.25, 0.3) is 5.91 Å². The Balaban J connectivity index is 1.88. The van der Waals surface area contributed by atoms with Crippen LogP contribution in [0.15, 0.2) is 0 Å². The number of anilines is 1.